The number of carbonyl (C=O) groups is 1. The summed E-state index contributed by atoms with van der Waals surface area (Å²) in [5.74, 6) is 1.29. The Morgan fingerprint density at radius 1 is 1.12 bits per heavy atom. The smallest absolute Gasteiger partial charge is 0.222 e. The van der Waals surface area contributed by atoms with Gasteiger partial charge >= 0.3 is 0 Å². The average Bonchev–Trinajstić information content (AvgIpc) is 3.27. The molecule has 4 nitrogen and oxygen atoms in total. The molecule has 1 amide bonds. The average molecular weight is 336 g/mol. The van der Waals surface area contributed by atoms with Gasteiger partial charge in [0.2, 0.25) is 5.91 Å². The molecule has 2 heterocycles. The zero-order chi connectivity index (χ0) is 17.1. The van der Waals surface area contributed by atoms with Gasteiger partial charge in [0.05, 0.1) is 12.6 Å². The molecule has 2 aromatic rings. The highest BCUT2D eigenvalue weighted by atomic mass is 16.5. The zero-order valence-electron chi connectivity index (χ0n) is 14.4. The van der Waals surface area contributed by atoms with Crippen molar-refractivity contribution >= 4 is 5.91 Å². The molecule has 0 aliphatic carbocycles. The van der Waals surface area contributed by atoms with E-state index < -0.39 is 0 Å². The van der Waals surface area contributed by atoms with Crippen LogP contribution in [0.2, 0.25) is 0 Å². The number of ether oxygens (including phenoxy) is 1. The van der Waals surface area contributed by atoms with Gasteiger partial charge in [-0.2, -0.15) is 0 Å². The maximum absolute atomic E-state index is 12.0. The van der Waals surface area contributed by atoms with Gasteiger partial charge in [-0.25, -0.2) is 0 Å². The number of rotatable bonds is 6. The van der Waals surface area contributed by atoms with Crippen LogP contribution in [0.5, 0.6) is 5.75 Å². The van der Waals surface area contributed by atoms with Crippen LogP contribution in [0.1, 0.15) is 35.6 Å². The molecule has 1 fully saturated rings. The maximum atomic E-state index is 12.0. The number of hydrogen-bond donors (Lipinski definition) is 1. The molecule has 0 saturated carbocycles. The summed E-state index contributed by atoms with van der Waals surface area (Å²) < 4.78 is 5.58. The molecule has 0 radical (unpaired) electrons. The quantitative estimate of drug-likeness (QED) is 0.881. The minimum Gasteiger partial charge on any atom is -0.493 e. The van der Waals surface area contributed by atoms with E-state index in [-0.39, 0.29) is 11.9 Å². The fourth-order valence-corrected chi connectivity index (χ4v) is 3.68. The summed E-state index contributed by atoms with van der Waals surface area (Å²) in [6.45, 7) is 3.18. The van der Waals surface area contributed by atoms with Crippen molar-refractivity contribution in [3.63, 3.8) is 0 Å². The van der Waals surface area contributed by atoms with Gasteiger partial charge < -0.3 is 15.0 Å². The third-order valence-electron chi connectivity index (χ3n) is 5.08. The van der Waals surface area contributed by atoms with Gasteiger partial charge in [0.25, 0.3) is 0 Å². The lowest BCUT2D eigenvalue weighted by Crippen LogP contribution is -2.35. The van der Waals surface area contributed by atoms with E-state index in [1.807, 2.05) is 11.0 Å². The van der Waals surface area contributed by atoms with Gasteiger partial charge in [0, 0.05) is 32.5 Å². The van der Waals surface area contributed by atoms with Gasteiger partial charge in [-0.3, -0.25) is 4.79 Å². The fraction of sp³-hybridized carbons (Fsp3) is 0.381. The van der Waals surface area contributed by atoms with Gasteiger partial charge in [0.15, 0.2) is 0 Å². The molecule has 1 atom stereocenters. The first-order valence-electron chi connectivity index (χ1n) is 9.10. The second-order valence-electron chi connectivity index (χ2n) is 6.83. The molecule has 2 aromatic carbocycles. The number of hydrogen-bond acceptors (Lipinski definition) is 3. The van der Waals surface area contributed by atoms with Crippen molar-refractivity contribution in [3.05, 3.63) is 65.2 Å². The first-order valence-corrected chi connectivity index (χ1v) is 9.10. The standard InChI is InChI=1S/C21H24N2O2/c24-21-7-4-11-23(21)15-19(17-5-2-1-3-6-17)22-14-16-8-9-20-18(13-16)10-12-25-20/h1-3,5-6,8-9,13,19,22H,4,7,10-12,14-15H2/t19-/m1/s1. The summed E-state index contributed by atoms with van der Waals surface area (Å²) in [6, 6.07) is 17.0. The van der Waals surface area contributed by atoms with Gasteiger partial charge in [0.1, 0.15) is 5.75 Å². The maximum Gasteiger partial charge on any atom is 0.222 e. The molecule has 0 unspecified atom stereocenters. The second-order valence-corrected chi connectivity index (χ2v) is 6.83. The van der Waals surface area contributed by atoms with Crippen molar-refractivity contribution in [2.24, 2.45) is 0 Å². The van der Waals surface area contributed by atoms with Crippen molar-refractivity contribution in [2.75, 3.05) is 19.7 Å². The van der Waals surface area contributed by atoms with Gasteiger partial charge in [-0.1, -0.05) is 42.5 Å². The topological polar surface area (TPSA) is 41.6 Å². The van der Waals surface area contributed by atoms with Gasteiger partial charge in [-0.05, 0) is 29.2 Å². The Kier molecular flexibility index (Phi) is 4.70. The molecule has 2 aliphatic heterocycles. The van der Waals surface area contributed by atoms with E-state index in [1.54, 1.807) is 0 Å². The highest BCUT2D eigenvalue weighted by molar-refractivity contribution is 5.78. The molecular formula is C21H24N2O2. The Hall–Kier alpha value is -2.33. The molecule has 0 spiro atoms. The lowest BCUT2D eigenvalue weighted by atomic mass is 10.0. The summed E-state index contributed by atoms with van der Waals surface area (Å²) >= 11 is 0. The summed E-state index contributed by atoms with van der Waals surface area (Å²) in [4.78, 5) is 14.0. The van der Waals surface area contributed by atoms with Crippen LogP contribution in [0, 0.1) is 0 Å². The Morgan fingerprint density at radius 3 is 2.80 bits per heavy atom. The van der Waals surface area contributed by atoms with Crippen LogP contribution in [0.15, 0.2) is 48.5 Å². The van der Waals surface area contributed by atoms with E-state index >= 15 is 0 Å². The number of nitrogens with one attached hydrogen (secondary N) is 1. The predicted molar refractivity (Wildman–Crippen MR) is 97.5 cm³/mol. The SMILES string of the molecule is O=C1CCCN1C[C@@H](NCc1ccc2c(c1)CCO2)c1ccccc1. The molecule has 1 N–H and O–H groups in total. The first-order chi connectivity index (χ1) is 12.3. The van der Waals surface area contributed by atoms with E-state index in [9.17, 15) is 4.79 Å². The van der Waals surface area contributed by atoms with Crippen molar-refractivity contribution in [3.8, 4) is 5.75 Å². The summed E-state index contributed by atoms with van der Waals surface area (Å²) in [6.07, 6.45) is 2.66. The number of likely N-dealkylation sites (tertiary alicyclic amines) is 1. The molecule has 1 saturated heterocycles. The normalized spacial score (nSPS) is 17.4. The second kappa shape index (κ2) is 7.28. The third-order valence-corrected chi connectivity index (χ3v) is 5.08. The van der Waals surface area contributed by atoms with Crippen molar-refractivity contribution in [1.29, 1.82) is 0 Å². The highest BCUT2D eigenvalue weighted by Crippen LogP contribution is 2.26. The van der Waals surface area contributed by atoms with Gasteiger partial charge in [-0.15, -0.1) is 0 Å². The lowest BCUT2D eigenvalue weighted by Gasteiger charge is -2.25. The summed E-state index contributed by atoms with van der Waals surface area (Å²) in [5, 5.41) is 3.66. The van der Waals surface area contributed by atoms with Crippen LogP contribution in [0.4, 0.5) is 0 Å². The number of benzene rings is 2. The molecular weight excluding hydrogens is 312 g/mol. The molecule has 2 aliphatic rings. The molecule has 4 heteroatoms. The minimum absolute atomic E-state index is 0.146. The van der Waals surface area contributed by atoms with Crippen LogP contribution in [0.3, 0.4) is 0 Å². The molecule has 0 aromatic heterocycles. The van der Waals surface area contributed by atoms with E-state index in [0.717, 1.165) is 44.8 Å². The number of amides is 1. The number of fused-ring (bicyclic) bond motifs is 1. The fourth-order valence-electron chi connectivity index (χ4n) is 3.68. The van der Waals surface area contributed by atoms with E-state index in [2.05, 4.69) is 47.8 Å². The molecule has 0 bridgehead atoms. The largest absolute Gasteiger partial charge is 0.493 e. The van der Waals surface area contributed by atoms with E-state index in [4.69, 9.17) is 4.74 Å². The summed E-state index contributed by atoms with van der Waals surface area (Å²) in [5.41, 5.74) is 3.79. The van der Waals surface area contributed by atoms with E-state index in [0.29, 0.717) is 6.42 Å². The van der Waals surface area contributed by atoms with Crippen LogP contribution in [-0.4, -0.2) is 30.5 Å². The highest BCUT2D eigenvalue weighted by Gasteiger charge is 2.24. The summed E-state index contributed by atoms with van der Waals surface area (Å²) in [7, 11) is 0. The first kappa shape index (κ1) is 16.2. The Morgan fingerprint density at radius 2 is 2.00 bits per heavy atom. The van der Waals surface area contributed by atoms with Crippen LogP contribution >= 0.6 is 0 Å². The van der Waals surface area contributed by atoms with E-state index in [1.165, 1.54) is 16.7 Å². The Bertz CT molecular complexity index is 745. The number of nitrogens with zero attached hydrogens (tertiary/aromatic N) is 1. The van der Waals surface area contributed by atoms with Crippen molar-refractivity contribution < 1.29 is 9.53 Å². The van der Waals surface area contributed by atoms with Crippen LogP contribution in [0.25, 0.3) is 0 Å². The number of carbonyl (C=O) groups excluding carboxylic acids is 1. The zero-order valence-corrected chi connectivity index (χ0v) is 14.4. The van der Waals surface area contributed by atoms with Crippen molar-refractivity contribution in [1.82, 2.24) is 10.2 Å². The lowest BCUT2D eigenvalue weighted by molar-refractivity contribution is -0.128. The molecule has 130 valence electrons. The Labute approximate surface area is 148 Å². The minimum atomic E-state index is 0.146. The third kappa shape index (κ3) is 3.69. The Balaban J connectivity index is 1.47. The molecule has 4 rings (SSSR count). The predicted octanol–water partition coefficient (Wildman–Crippen LogP) is 3.07. The van der Waals surface area contributed by atoms with Crippen LogP contribution < -0.4 is 10.1 Å². The van der Waals surface area contributed by atoms with Crippen molar-refractivity contribution in [2.45, 2.75) is 31.8 Å². The molecule has 25 heavy (non-hydrogen) atoms. The van der Waals surface area contributed by atoms with Crippen LogP contribution in [-0.2, 0) is 17.8 Å². The monoisotopic (exact) mass is 336 g/mol.